The highest BCUT2D eigenvalue weighted by atomic mass is 79.9. The van der Waals surface area contributed by atoms with Crippen molar-refractivity contribution in [3.05, 3.63) is 33.5 Å². The Labute approximate surface area is 130 Å². The Morgan fingerprint density at radius 3 is 2.29 bits per heavy atom. The van der Waals surface area contributed by atoms with Gasteiger partial charge in [0.1, 0.15) is 11.3 Å². The second kappa shape index (κ2) is 6.03. The molecule has 0 bridgehead atoms. The van der Waals surface area contributed by atoms with Crippen LogP contribution in [0.2, 0.25) is 0 Å². The first kappa shape index (κ1) is 16.4. The van der Waals surface area contributed by atoms with Crippen LogP contribution in [0.4, 0.5) is 13.2 Å². The van der Waals surface area contributed by atoms with Crippen LogP contribution in [0.5, 0.6) is 0 Å². The molecule has 0 radical (unpaired) electrons. The lowest BCUT2D eigenvalue weighted by atomic mass is 10.0. The monoisotopic (exact) mass is 362 g/mol. The summed E-state index contributed by atoms with van der Waals surface area (Å²) < 4.78 is 45.0. The molecule has 0 N–H and O–H groups in total. The molecule has 0 saturated heterocycles. The second-order valence-electron chi connectivity index (χ2n) is 5.40. The lowest BCUT2D eigenvalue weighted by Crippen LogP contribution is -2.06. The van der Waals surface area contributed by atoms with Crippen LogP contribution >= 0.6 is 15.9 Å². The predicted molar refractivity (Wildman–Crippen MR) is 81.6 cm³/mol. The highest BCUT2D eigenvalue weighted by molar-refractivity contribution is 9.10. The summed E-state index contributed by atoms with van der Waals surface area (Å²) in [7, 11) is 0. The highest BCUT2D eigenvalue weighted by Gasteiger charge is 2.37. The van der Waals surface area contributed by atoms with Gasteiger partial charge in [0.25, 0.3) is 0 Å². The van der Waals surface area contributed by atoms with Gasteiger partial charge in [0, 0.05) is 5.39 Å². The highest BCUT2D eigenvalue weighted by Crippen LogP contribution is 2.46. The summed E-state index contributed by atoms with van der Waals surface area (Å²) in [5, 5.41) is 0.518. The standard InChI is InChI=1S/C13H10BrF3O.C3H8/c1-6-11(14)9-4-8(7-2-3-7)5-10(12(9)18-6)13(15,16)17;1-3-2/h4-5,7H,2-3H2,1H3;3H2,1-2H3. The van der Waals surface area contributed by atoms with E-state index < -0.39 is 11.7 Å². The fraction of sp³-hybridized carbons (Fsp3) is 0.500. The SMILES string of the molecule is CCC.Cc1oc2c(C(F)(F)F)cc(C3CC3)cc2c1Br. The third-order valence-electron chi connectivity index (χ3n) is 3.27. The van der Waals surface area contributed by atoms with Crippen LogP contribution in [-0.2, 0) is 6.18 Å². The van der Waals surface area contributed by atoms with Crippen LogP contribution < -0.4 is 0 Å². The summed E-state index contributed by atoms with van der Waals surface area (Å²) in [5.74, 6) is 0.751. The number of rotatable bonds is 1. The van der Waals surface area contributed by atoms with Gasteiger partial charge in [-0.05, 0) is 59.3 Å². The molecule has 1 saturated carbocycles. The van der Waals surface area contributed by atoms with Crippen molar-refractivity contribution in [2.75, 3.05) is 0 Å². The Morgan fingerprint density at radius 1 is 1.24 bits per heavy atom. The number of alkyl halides is 3. The van der Waals surface area contributed by atoms with Crippen LogP contribution in [0.25, 0.3) is 11.0 Å². The fourth-order valence-electron chi connectivity index (χ4n) is 2.17. The summed E-state index contributed by atoms with van der Waals surface area (Å²) in [4.78, 5) is 0. The van der Waals surface area contributed by atoms with E-state index in [-0.39, 0.29) is 11.5 Å². The van der Waals surface area contributed by atoms with E-state index in [4.69, 9.17) is 4.42 Å². The van der Waals surface area contributed by atoms with Gasteiger partial charge in [0.2, 0.25) is 0 Å². The van der Waals surface area contributed by atoms with Crippen molar-refractivity contribution in [1.82, 2.24) is 0 Å². The molecule has 3 rings (SSSR count). The molecule has 1 aliphatic carbocycles. The zero-order valence-electron chi connectivity index (χ0n) is 12.3. The quantitative estimate of drug-likeness (QED) is 0.542. The van der Waals surface area contributed by atoms with E-state index in [1.165, 1.54) is 12.5 Å². The van der Waals surface area contributed by atoms with Gasteiger partial charge in [-0.2, -0.15) is 13.2 Å². The molecular formula is C16H18BrF3O. The van der Waals surface area contributed by atoms with E-state index in [0.29, 0.717) is 15.6 Å². The normalized spacial score (nSPS) is 15.0. The Morgan fingerprint density at radius 2 is 1.81 bits per heavy atom. The van der Waals surface area contributed by atoms with Crippen LogP contribution in [-0.4, -0.2) is 0 Å². The maximum atomic E-state index is 13.0. The molecule has 0 spiro atoms. The third-order valence-corrected chi connectivity index (χ3v) is 4.25. The minimum absolute atomic E-state index is 0.0729. The van der Waals surface area contributed by atoms with Crippen molar-refractivity contribution in [1.29, 1.82) is 0 Å². The number of furan rings is 1. The average molecular weight is 363 g/mol. The minimum atomic E-state index is -4.38. The molecule has 5 heteroatoms. The number of fused-ring (bicyclic) bond motifs is 1. The molecule has 1 heterocycles. The zero-order chi connectivity index (χ0) is 15.8. The molecule has 0 aliphatic heterocycles. The van der Waals surface area contributed by atoms with Crippen LogP contribution in [0, 0.1) is 6.92 Å². The van der Waals surface area contributed by atoms with Gasteiger partial charge < -0.3 is 4.42 Å². The Bertz CT molecular complexity index is 639. The van der Waals surface area contributed by atoms with E-state index in [2.05, 4.69) is 29.8 Å². The summed E-state index contributed by atoms with van der Waals surface area (Å²) in [6.07, 6.45) is -1.19. The number of benzene rings is 1. The number of halogens is 4. The summed E-state index contributed by atoms with van der Waals surface area (Å²) in [6, 6.07) is 3.04. The van der Waals surface area contributed by atoms with Crippen LogP contribution in [0.1, 0.15) is 55.9 Å². The van der Waals surface area contributed by atoms with Gasteiger partial charge in [-0.15, -0.1) is 0 Å². The Balaban J connectivity index is 0.000000497. The number of hydrogen-bond donors (Lipinski definition) is 0. The third kappa shape index (κ3) is 3.44. The molecule has 1 aromatic carbocycles. The van der Waals surface area contributed by atoms with Gasteiger partial charge in [-0.25, -0.2) is 0 Å². The first-order valence-corrected chi connectivity index (χ1v) is 7.88. The Hall–Kier alpha value is -0.970. The van der Waals surface area contributed by atoms with Crippen molar-refractivity contribution in [2.45, 2.75) is 52.1 Å². The van der Waals surface area contributed by atoms with Crippen molar-refractivity contribution in [3.8, 4) is 0 Å². The van der Waals surface area contributed by atoms with Crippen molar-refractivity contribution in [3.63, 3.8) is 0 Å². The predicted octanol–water partition coefficient (Wildman–Crippen LogP) is 6.82. The molecule has 116 valence electrons. The lowest BCUT2D eigenvalue weighted by molar-refractivity contribution is -0.136. The van der Waals surface area contributed by atoms with Crippen LogP contribution in [0.15, 0.2) is 21.0 Å². The fourth-order valence-corrected chi connectivity index (χ4v) is 2.55. The second-order valence-corrected chi connectivity index (χ2v) is 6.19. The molecule has 1 aromatic heterocycles. The smallest absolute Gasteiger partial charge is 0.420 e. The maximum absolute atomic E-state index is 13.0. The average Bonchev–Trinajstić information content (AvgIpc) is 3.18. The lowest BCUT2D eigenvalue weighted by Gasteiger charge is -2.09. The molecule has 2 aromatic rings. The summed E-state index contributed by atoms with van der Waals surface area (Å²) in [5.41, 5.74) is 0.0169. The van der Waals surface area contributed by atoms with Crippen molar-refractivity contribution in [2.24, 2.45) is 0 Å². The van der Waals surface area contributed by atoms with Gasteiger partial charge in [0.15, 0.2) is 0 Å². The number of aryl methyl sites for hydroxylation is 1. The summed E-state index contributed by atoms with van der Waals surface area (Å²) in [6.45, 7) is 5.90. The van der Waals surface area contributed by atoms with Gasteiger partial charge >= 0.3 is 6.18 Å². The van der Waals surface area contributed by atoms with Gasteiger partial charge in [-0.3, -0.25) is 0 Å². The van der Waals surface area contributed by atoms with Crippen molar-refractivity contribution < 1.29 is 17.6 Å². The molecule has 0 unspecified atom stereocenters. The first-order chi connectivity index (χ1) is 9.79. The molecule has 21 heavy (non-hydrogen) atoms. The topological polar surface area (TPSA) is 13.1 Å². The molecular weight excluding hydrogens is 345 g/mol. The molecule has 0 atom stereocenters. The molecule has 1 nitrogen and oxygen atoms in total. The molecule has 0 amide bonds. The minimum Gasteiger partial charge on any atom is -0.460 e. The van der Waals surface area contributed by atoms with E-state index in [9.17, 15) is 13.2 Å². The number of hydrogen-bond acceptors (Lipinski definition) is 1. The van der Waals surface area contributed by atoms with E-state index in [1.807, 2.05) is 6.07 Å². The summed E-state index contributed by atoms with van der Waals surface area (Å²) >= 11 is 3.29. The Kier molecular flexibility index (Phi) is 4.71. The van der Waals surface area contributed by atoms with Gasteiger partial charge in [0.05, 0.1) is 10.0 Å². The molecule has 1 aliphatic rings. The van der Waals surface area contributed by atoms with E-state index >= 15 is 0 Å². The van der Waals surface area contributed by atoms with Crippen molar-refractivity contribution >= 4 is 26.9 Å². The largest absolute Gasteiger partial charge is 0.460 e. The zero-order valence-corrected chi connectivity index (χ0v) is 13.9. The van der Waals surface area contributed by atoms with E-state index in [0.717, 1.165) is 18.4 Å². The van der Waals surface area contributed by atoms with E-state index in [1.54, 1.807) is 6.92 Å². The first-order valence-electron chi connectivity index (χ1n) is 7.09. The van der Waals surface area contributed by atoms with Crippen LogP contribution in [0.3, 0.4) is 0 Å². The maximum Gasteiger partial charge on any atom is 0.420 e. The van der Waals surface area contributed by atoms with Gasteiger partial charge in [-0.1, -0.05) is 20.3 Å². The molecule has 1 fully saturated rings.